The minimum Gasteiger partial charge on any atom is -0.460 e. The van der Waals surface area contributed by atoms with Crippen molar-refractivity contribution in [2.75, 3.05) is 6.54 Å². The van der Waals surface area contributed by atoms with E-state index in [1.165, 1.54) is 0 Å². The van der Waals surface area contributed by atoms with Gasteiger partial charge >= 0.3 is 5.97 Å². The summed E-state index contributed by atoms with van der Waals surface area (Å²) in [5, 5.41) is 0.652. The number of hydrogen-bond acceptors (Lipinski definition) is 3. The van der Waals surface area contributed by atoms with Crippen LogP contribution in [-0.2, 0) is 16.0 Å². The van der Waals surface area contributed by atoms with Gasteiger partial charge in [0, 0.05) is 11.6 Å². The zero-order valence-corrected chi connectivity index (χ0v) is 11.8. The lowest BCUT2D eigenvalue weighted by molar-refractivity contribution is -0.159. The first-order valence-electron chi connectivity index (χ1n) is 6.00. The smallest absolute Gasteiger partial charge is 0.311 e. The van der Waals surface area contributed by atoms with E-state index >= 15 is 0 Å². The molecule has 0 aliphatic carbocycles. The summed E-state index contributed by atoms with van der Waals surface area (Å²) in [4.78, 5) is 12.0. The normalized spacial score (nSPS) is 13.2. The zero-order chi connectivity index (χ0) is 13.8. The molecule has 3 nitrogen and oxygen atoms in total. The molecule has 18 heavy (non-hydrogen) atoms. The van der Waals surface area contributed by atoms with Gasteiger partial charge in [-0.25, -0.2) is 0 Å². The number of esters is 1. The van der Waals surface area contributed by atoms with Gasteiger partial charge in [0.15, 0.2) is 0 Å². The van der Waals surface area contributed by atoms with Crippen molar-refractivity contribution in [2.24, 2.45) is 11.7 Å². The summed E-state index contributed by atoms with van der Waals surface area (Å²) in [6.07, 6.45) is 0.505. The molecule has 0 heterocycles. The molecule has 0 radical (unpaired) electrons. The van der Waals surface area contributed by atoms with Gasteiger partial charge in [0.1, 0.15) is 5.60 Å². The fourth-order valence-corrected chi connectivity index (χ4v) is 1.79. The molecule has 0 aromatic heterocycles. The van der Waals surface area contributed by atoms with Gasteiger partial charge in [0.25, 0.3) is 0 Å². The average Bonchev–Trinajstić information content (AvgIpc) is 2.25. The third-order valence-electron chi connectivity index (χ3n) is 2.45. The summed E-state index contributed by atoms with van der Waals surface area (Å²) in [5.41, 5.74) is 6.07. The molecule has 0 bridgehead atoms. The van der Waals surface area contributed by atoms with Crippen LogP contribution in [0.2, 0.25) is 5.02 Å². The molecule has 1 unspecified atom stereocenters. The van der Waals surface area contributed by atoms with Gasteiger partial charge in [0.2, 0.25) is 0 Å². The van der Waals surface area contributed by atoms with Gasteiger partial charge in [0.05, 0.1) is 5.92 Å². The lowest BCUT2D eigenvalue weighted by atomic mass is 9.99. The minimum atomic E-state index is -0.495. The number of carbonyl (C=O) groups excluding carboxylic acids is 1. The third-order valence-corrected chi connectivity index (χ3v) is 2.82. The second-order valence-corrected chi connectivity index (χ2v) is 5.67. The Morgan fingerprint density at radius 2 is 2.00 bits per heavy atom. The Hall–Kier alpha value is -1.06. The minimum absolute atomic E-state index is 0.250. The first-order valence-corrected chi connectivity index (χ1v) is 6.37. The van der Waals surface area contributed by atoms with Crippen LogP contribution < -0.4 is 5.73 Å². The van der Waals surface area contributed by atoms with Crippen molar-refractivity contribution in [1.82, 2.24) is 0 Å². The van der Waals surface area contributed by atoms with E-state index in [1.54, 1.807) is 6.07 Å². The van der Waals surface area contributed by atoms with Crippen LogP contribution in [0, 0.1) is 5.92 Å². The molecular formula is C14H20ClNO2. The van der Waals surface area contributed by atoms with E-state index < -0.39 is 5.60 Å². The molecule has 1 aromatic carbocycles. The van der Waals surface area contributed by atoms with Crippen LogP contribution in [0.25, 0.3) is 0 Å². The Labute approximate surface area is 113 Å². The highest BCUT2D eigenvalue weighted by molar-refractivity contribution is 6.31. The first-order chi connectivity index (χ1) is 8.33. The fraction of sp³-hybridized carbons (Fsp3) is 0.500. The van der Waals surface area contributed by atoms with Crippen LogP contribution in [0.1, 0.15) is 26.3 Å². The SMILES string of the molecule is CC(C)(C)OC(=O)C(CN)Cc1ccccc1Cl. The van der Waals surface area contributed by atoms with Crippen molar-refractivity contribution in [3.63, 3.8) is 0 Å². The van der Waals surface area contributed by atoms with Gasteiger partial charge in [-0.1, -0.05) is 29.8 Å². The Balaban J connectivity index is 2.74. The molecule has 0 fully saturated rings. The molecule has 1 rings (SSSR count). The van der Waals surface area contributed by atoms with E-state index in [0.717, 1.165) is 5.56 Å². The van der Waals surface area contributed by atoms with E-state index in [-0.39, 0.29) is 18.4 Å². The van der Waals surface area contributed by atoms with Crippen molar-refractivity contribution in [3.8, 4) is 0 Å². The predicted molar refractivity (Wildman–Crippen MR) is 73.5 cm³/mol. The largest absolute Gasteiger partial charge is 0.460 e. The zero-order valence-electron chi connectivity index (χ0n) is 11.1. The van der Waals surface area contributed by atoms with E-state index in [0.29, 0.717) is 11.4 Å². The van der Waals surface area contributed by atoms with Gasteiger partial charge in [-0.2, -0.15) is 0 Å². The Morgan fingerprint density at radius 3 is 2.50 bits per heavy atom. The van der Waals surface area contributed by atoms with Crippen LogP contribution in [0.5, 0.6) is 0 Å². The third kappa shape index (κ3) is 4.67. The molecule has 0 saturated heterocycles. The summed E-state index contributed by atoms with van der Waals surface area (Å²) in [5.74, 6) is -0.631. The summed E-state index contributed by atoms with van der Waals surface area (Å²) >= 11 is 6.07. The highest BCUT2D eigenvalue weighted by Gasteiger charge is 2.24. The second-order valence-electron chi connectivity index (χ2n) is 5.26. The molecular weight excluding hydrogens is 250 g/mol. The number of ether oxygens (including phenoxy) is 1. The molecule has 4 heteroatoms. The highest BCUT2D eigenvalue weighted by atomic mass is 35.5. The van der Waals surface area contributed by atoms with Crippen molar-refractivity contribution in [2.45, 2.75) is 32.8 Å². The highest BCUT2D eigenvalue weighted by Crippen LogP contribution is 2.20. The summed E-state index contributed by atoms with van der Waals surface area (Å²) in [7, 11) is 0. The summed E-state index contributed by atoms with van der Waals surface area (Å²) in [6.45, 7) is 5.77. The molecule has 0 amide bonds. The standard InChI is InChI=1S/C14H20ClNO2/c1-14(2,3)18-13(17)11(9-16)8-10-6-4-5-7-12(10)15/h4-7,11H,8-9,16H2,1-3H3. The Kier molecular flexibility index (Phi) is 5.17. The van der Waals surface area contributed by atoms with Crippen molar-refractivity contribution >= 4 is 17.6 Å². The maximum absolute atomic E-state index is 12.0. The number of nitrogens with two attached hydrogens (primary N) is 1. The topological polar surface area (TPSA) is 52.3 Å². The number of halogens is 1. The Bertz CT molecular complexity index is 413. The molecule has 100 valence electrons. The molecule has 1 aromatic rings. The average molecular weight is 270 g/mol. The quantitative estimate of drug-likeness (QED) is 0.855. The summed E-state index contributed by atoms with van der Waals surface area (Å²) < 4.78 is 5.34. The lowest BCUT2D eigenvalue weighted by Crippen LogP contribution is -2.33. The van der Waals surface area contributed by atoms with Crippen LogP contribution in [0.3, 0.4) is 0 Å². The molecule has 0 saturated carbocycles. The Morgan fingerprint density at radius 1 is 1.39 bits per heavy atom. The molecule has 0 spiro atoms. The second kappa shape index (κ2) is 6.21. The van der Waals surface area contributed by atoms with Gasteiger partial charge in [-0.05, 0) is 38.8 Å². The van der Waals surface area contributed by atoms with E-state index in [1.807, 2.05) is 39.0 Å². The van der Waals surface area contributed by atoms with Crippen molar-refractivity contribution in [1.29, 1.82) is 0 Å². The maximum atomic E-state index is 12.0. The summed E-state index contributed by atoms with van der Waals surface area (Å²) in [6, 6.07) is 7.45. The molecule has 1 atom stereocenters. The molecule has 0 aliphatic rings. The van der Waals surface area contributed by atoms with Gasteiger partial charge in [-0.15, -0.1) is 0 Å². The molecule has 0 aliphatic heterocycles. The predicted octanol–water partition coefficient (Wildman–Crippen LogP) is 2.80. The number of benzene rings is 1. The van der Waals surface area contributed by atoms with E-state index in [9.17, 15) is 4.79 Å². The number of hydrogen-bond donors (Lipinski definition) is 1. The van der Waals surface area contributed by atoms with Crippen molar-refractivity contribution in [3.05, 3.63) is 34.9 Å². The molecule has 2 N–H and O–H groups in total. The first kappa shape index (κ1) is 15.0. The van der Waals surface area contributed by atoms with Gasteiger partial charge < -0.3 is 10.5 Å². The van der Waals surface area contributed by atoms with Crippen LogP contribution >= 0.6 is 11.6 Å². The van der Waals surface area contributed by atoms with E-state index in [2.05, 4.69) is 0 Å². The van der Waals surface area contributed by atoms with Crippen LogP contribution in [-0.4, -0.2) is 18.1 Å². The van der Waals surface area contributed by atoms with Crippen molar-refractivity contribution < 1.29 is 9.53 Å². The number of carbonyl (C=O) groups is 1. The van der Waals surface area contributed by atoms with Crippen LogP contribution in [0.4, 0.5) is 0 Å². The van der Waals surface area contributed by atoms with Gasteiger partial charge in [-0.3, -0.25) is 4.79 Å². The number of rotatable bonds is 4. The maximum Gasteiger partial charge on any atom is 0.311 e. The monoisotopic (exact) mass is 269 g/mol. The van der Waals surface area contributed by atoms with Crippen LogP contribution in [0.15, 0.2) is 24.3 Å². The van der Waals surface area contributed by atoms with E-state index in [4.69, 9.17) is 22.1 Å². The lowest BCUT2D eigenvalue weighted by Gasteiger charge is -2.23. The fourth-order valence-electron chi connectivity index (χ4n) is 1.58.